The van der Waals surface area contributed by atoms with Gasteiger partial charge in [-0.2, -0.15) is 10.5 Å². The Balaban J connectivity index is 2.15. The molecule has 0 aromatic heterocycles. The zero-order valence-electron chi connectivity index (χ0n) is 21.1. The van der Waals surface area contributed by atoms with Crippen LogP contribution in [0.4, 0.5) is 0 Å². The number of nitriles is 2. The number of benzene rings is 2. The highest BCUT2D eigenvalue weighted by Gasteiger charge is 2.03. The topological polar surface area (TPSA) is 147 Å². The highest BCUT2D eigenvalue weighted by atomic mass is 14.6. The zero-order valence-corrected chi connectivity index (χ0v) is 21.1. The van der Waals surface area contributed by atoms with Gasteiger partial charge in [0, 0.05) is 23.8 Å². The fourth-order valence-corrected chi connectivity index (χ4v) is 3.50. The Morgan fingerprint density at radius 3 is 1.47 bits per heavy atom. The van der Waals surface area contributed by atoms with Crippen LogP contribution in [0.5, 0.6) is 0 Å². The summed E-state index contributed by atoms with van der Waals surface area (Å²) >= 11 is 0. The Morgan fingerprint density at radius 2 is 1.13 bits per heavy atom. The van der Waals surface area contributed by atoms with E-state index in [1.54, 1.807) is 12.2 Å². The first-order valence-electron chi connectivity index (χ1n) is 11.7. The van der Waals surface area contributed by atoms with Gasteiger partial charge in [0.2, 0.25) is 0 Å². The minimum Gasteiger partial charge on any atom is -0.398 e. The molecule has 0 aliphatic rings. The van der Waals surface area contributed by atoms with Gasteiger partial charge in [0.1, 0.15) is 12.1 Å². The molecule has 0 unspecified atom stereocenters. The smallest absolute Gasteiger partial charge is 0.101 e. The van der Waals surface area contributed by atoms with Crippen LogP contribution in [-0.4, -0.2) is 12.4 Å². The normalized spacial score (nSPS) is 12.9. The Kier molecular flexibility index (Phi) is 11.2. The maximum absolute atomic E-state index is 8.93. The van der Waals surface area contributed by atoms with Gasteiger partial charge in [-0.3, -0.25) is 0 Å². The lowest BCUT2D eigenvalue weighted by Gasteiger charge is -2.08. The molecule has 6 heteroatoms. The van der Waals surface area contributed by atoms with Gasteiger partial charge >= 0.3 is 0 Å². The second-order valence-electron chi connectivity index (χ2n) is 8.20. The number of fused-ring (bicyclic) bond motifs is 1. The van der Waals surface area contributed by atoms with Crippen molar-refractivity contribution < 1.29 is 0 Å². The predicted octanol–water partition coefficient (Wildman–Crippen LogP) is 6.03. The first-order valence-corrected chi connectivity index (χ1v) is 11.7. The molecule has 38 heavy (non-hydrogen) atoms. The fourth-order valence-electron chi connectivity index (χ4n) is 3.50. The van der Waals surface area contributed by atoms with Gasteiger partial charge in [0.15, 0.2) is 0 Å². The summed E-state index contributed by atoms with van der Waals surface area (Å²) in [4.78, 5) is 0. The molecular weight excluding hydrogens is 468 g/mol. The lowest BCUT2D eigenvalue weighted by molar-refractivity contribution is 1.27. The third kappa shape index (κ3) is 8.34. The Hall–Kier alpha value is -5.46. The van der Waals surface area contributed by atoms with Crippen LogP contribution in [-0.2, 0) is 12.8 Å². The maximum atomic E-state index is 8.93. The number of hydrogen-bond acceptors (Lipinski definition) is 6. The van der Waals surface area contributed by atoms with Gasteiger partial charge in [-0.15, -0.1) is 0 Å². The van der Waals surface area contributed by atoms with E-state index in [2.05, 4.69) is 37.4 Å². The van der Waals surface area contributed by atoms with Crippen LogP contribution >= 0.6 is 0 Å². The Labute approximate surface area is 223 Å². The molecule has 2 aromatic carbocycles. The molecule has 0 aliphatic heterocycles. The highest BCUT2D eigenvalue weighted by molar-refractivity contribution is 5.89. The number of rotatable bonds is 12. The van der Waals surface area contributed by atoms with Crippen LogP contribution < -0.4 is 11.5 Å². The van der Waals surface area contributed by atoms with Gasteiger partial charge in [0.05, 0.1) is 11.1 Å². The van der Waals surface area contributed by atoms with Crippen LogP contribution in [0, 0.1) is 33.5 Å². The van der Waals surface area contributed by atoms with Crippen molar-refractivity contribution in [1.82, 2.24) is 0 Å². The largest absolute Gasteiger partial charge is 0.398 e. The molecule has 0 spiro atoms. The van der Waals surface area contributed by atoms with E-state index in [1.165, 1.54) is 34.1 Å². The molecule has 2 aromatic rings. The number of nitrogens with zero attached hydrogens (tertiary/aromatic N) is 2. The first kappa shape index (κ1) is 28.8. The van der Waals surface area contributed by atoms with Crippen LogP contribution in [0.1, 0.15) is 11.1 Å². The summed E-state index contributed by atoms with van der Waals surface area (Å²) in [5.41, 5.74) is 16.6. The van der Waals surface area contributed by atoms with Gasteiger partial charge < -0.3 is 22.3 Å². The fraction of sp³-hybridized carbons (Fsp3) is 0.0625. The molecule has 188 valence electrons. The summed E-state index contributed by atoms with van der Waals surface area (Å²) in [5, 5.41) is 34.6. The lowest BCUT2D eigenvalue weighted by Crippen LogP contribution is -1.98. The van der Waals surface area contributed by atoms with Crippen molar-refractivity contribution in [2.75, 3.05) is 0 Å². The van der Waals surface area contributed by atoms with E-state index < -0.39 is 0 Å². The Morgan fingerprint density at radius 1 is 0.737 bits per heavy atom. The molecule has 2 rings (SSSR count). The standard InChI is InChI=1S/C32H30N6/c1-23(17-25(19-33)20-34)31(37)15-5-3-9-27-11-7-14-30-28(12-8-13-29(27)30)10-4-6-16-32(38)24(2)18-26(21-35)22-36/h3-8,11-19,21,33,35H,1-2,9-10,37-38H2/b5-3-,6-4-,25-17+,26-18+,31-15-,32-16-,33-19?,35-21?. The minimum atomic E-state index is 0.187. The molecule has 0 radical (unpaired) electrons. The number of nitrogens with two attached hydrogens (primary N) is 2. The summed E-state index contributed by atoms with van der Waals surface area (Å²) in [6.45, 7) is 7.69. The van der Waals surface area contributed by atoms with Crippen LogP contribution in [0.15, 0.2) is 132 Å². The van der Waals surface area contributed by atoms with E-state index in [0.29, 0.717) is 35.4 Å². The lowest BCUT2D eigenvalue weighted by atomic mass is 9.96. The molecule has 0 amide bonds. The van der Waals surface area contributed by atoms with Crippen molar-refractivity contribution in [2.45, 2.75) is 12.8 Å². The van der Waals surface area contributed by atoms with Gasteiger partial charge in [-0.05, 0) is 70.2 Å². The van der Waals surface area contributed by atoms with Crippen LogP contribution in [0.25, 0.3) is 10.8 Å². The molecule has 0 saturated carbocycles. The molecule has 6 nitrogen and oxygen atoms in total. The Bertz CT molecular complexity index is 1400. The zero-order chi connectivity index (χ0) is 27.9. The van der Waals surface area contributed by atoms with Crippen LogP contribution in [0.3, 0.4) is 0 Å². The molecule has 6 N–H and O–H groups in total. The SMILES string of the molecule is C=C(/C=C(/C#N)C=N)/C(N)=C/C=C\Cc1cccc2c(C/C=C\C=C(/N)C(=C)/C=C(/C#N)C=N)cccc12. The third-order valence-electron chi connectivity index (χ3n) is 5.57. The molecule has 0 fully saturated rings. The number of nitrogens with one attached hydrogen (secondary N) is 2. The summed E-state index contributed by atoms with van der Waals surface area (Å²) in [6.07, 6.45) is 17.5. The average molecular weight is 499 g/mol. The number of allylic oxidation sites excluding steroid dienone is 10. The minimum absolute atomic E-state index is 0.187. The van der Waals surface area contributed by atoms with Crippen molar-refractivity contribution in [2.24, 2.45) is 11.5 Å². The summed E-state index contributed by atoms with van der Waals surface area (Å²) in [5.74, 6) is 0. The van der Waals surface area contributed by atoms with Gasteiger partial charge in [-0.25, -0.2) is 0 Å². The van der Waals surface area contributed by atoms with Gasteiger partial charge in [-0.1, -0.05) is 73.9 Å². The van der Waals surface area contributed by atoms with E-state index in [0.717, 1.165) is 12.4 Å². The second-order valence-corrected chi connectivity index (χ2v) is 8.20. The van der Waals surface area contributed by atoms with Crippen molar-refractivity contribution in [1.29, 1.82) is 21.3 Å². The molecule has 0 aliphatic carbocycles. The van der Waals surface area contributed by atoms with Crippen molar-refractivity contribution in [3.05, 3.63) is 143 Å². The first-order chi connectivity index (χ1) is 18.3. The summed E-state index contributed by atoms with van der Waals surface area (Å²) in [6, 6.07) is 16.3. The summed E-state index contributed by atoms with van der Waals surface area (Å²) in [7, 11) is 0. The molecule has 0 atom stereocenters. The molecule has 0 heterocycles. The average Bonchev–Trinajstić information content (AvgIpc) is 2.94. The van der Waals surface area contributed by atoms with E-state index >= 15 is 0 Å². The quantitative estimate of drug-likeness (QED) is 0.160. The second kappa shape index (κ2) is 14.8. The molecule has 0 saturated heterocycles. The van der Waals surface area contributed by atoms with Crippen molar-refractivity contribution in [3.8, 4) is 12.1 Å². The maximum Gasteiger partial charge on any atom is 0.101 e. The predicted molar refractivity (Wildman–Crippen MR) is 157 cm³/mol. The van der Waals surface area contributed by atoms with E-state index in [1.807, 2.05) is 48.6 Å². The highest BCUT2D eigenvalue weighted by Crippen LogP contribution is 2.24. The monoisotopic (exact) mass is 498 g/mol. The van der Waals surface area contributed by atoms with Crippen molar-refractivity contribution >= 4 is 23.2 Å². The van der Waals surface area contributed by atoms with E-state index in [4.69, 9.17) is 32.8 Å². The number of hydrogen-bond donors (Lipinski definition) is 4. The molecular formula is C32H30N6. The van der Waals surface area contributed by atoms with E-state index in [9.17, 15) is 0 Å². The summed E-state index contributed by atoms with van der Waals surface area (Å²) < 4.78 is 0. The van der Waals surface area contributed by atoms with Gasteiger partial charge in [0.25, 0.3) is 0 Å². The van der Waals surface area contributed by atoms with E-state index in [-0.39, 0.29) is 11.1 Å². The van der Waals surface area contributed by atoms with Crippen LogP contribution in [0.2, 0.25) is 0 Å². The molecule has 0 bridgehead atoms. The van der Waals surface area contributed by atoms with Crippen molar-refractivity contribution in [3.63, 3.8) is 0 Å². The third-order valence-corrected chi connectivity index (χ3v) is 5.57.